The summed E-state index contributed by atoms with van der Waals surface area (Å²) in [6.07, 6.45) is 0. The molecule has 0 aliphatic rings. The first-order valence-electron chi connectivity index (χ1n) is 22.4. The maximum Gasteiger partial charge on any atom is 0.164 e. The molecule has 4 nitrogen and oxygen atoms in total. The van der Waals surface area contributed by atoms with Crippen LogP contribution in [-0.4, -0.2) is 15.0 Å². The molecule has 47 heavy (non-hydrogen) atoms. The molecule has 0 saturated heterocycles. The minimum absolute atomic E-state index is 0.0205. The quantitative estimate of drug-likeness (QED) is 0.193. The molecule has 0 fully saturated rings. The molecule has 0 saturated carbocycles. The molecule has 0 atom stereocenters. The van der Waals surface area contributed by atoms with Crippen molar-refractivity contribution in [2.75, 3.05) is 0 Å². The maximum atomic E-state index is 9.31. The molecule has 4 heteroatoms. The van der Waals surface area contributed by atoms with E-state index in [2.05, 4.69) is 4.98 Å². The molecular weight excluding hydrogens is 574 g/mol. The largest absolute Gasteiger partial charge is 0.456 e. The van der Waals surface area contributed by atoms with Crippen molar-refractivity contribution in [3.63, 3.8) is 0 Å². The number of para-hydroxylation sites is 1. The van der Waals surface area contributed by atoms with Gasteiger partial charge in [0, 0.05) is 27.5 Å². The number of nitrogens with zero attached hydrogens (tertiary/aromatic N) is 3. The van der Waals surface area contributed by atoms with E-state index in [1.165, 1.54) is 0 Å². The summed E-state index contributed by atoms with van der Waals surface area (Å²) >= 11 is 0. The Balaban J connectivity index is 1.29. The van der Waals surface area contributed by atoms with Crippen LogP contribution in [0.3, 0.4) is 0 Å². The fourth-order valence-electron chi connectivity index (χ4n) is 5.45. The van der Waals surface area contributed by atoms with Crippen molar-refractivity contribution in [3.05, 3.63) is 163 Å². The number of hydrogen-bond acceptors (Lipinski definition) is 4. The molecule has 0 aliphatic carbocycles. The van der Waals surface area contributed by atoms with E-state index in [1.54, 1.807) is 66.7 Å². The van der Waals surface area contributed by atoms with Gasteiger partial charge in [-0.05, 0) is 51.2 Å². The van der Waals surface area contributed by atoms with Crippen LogP contribution in [0.1, 0.15) is 21.9 Å². The van der Waals surface area contributed by atoms with Gasteiger partial charge in [-0.15, -0.1) is 0 Å². The van der Waals surface area contributed by atoms with Crippen molar-refractivity contribution >= 4 is 32.7 Å². The summed E-state index contributed by atoms with van der Waals surface area (Å²) in [5.74, 6) is -0.0692. The minimum Gasteiger partial charge on any atom is -0.456 e. The summed E-state index contributed by atoms with van der Waals surface area (Å²) in [5, 5.41) is 0.686. The fourth-order valence-corrected chi connectivity index (χ4v) is 5.45. The van der Waals surface area contributed by atoms with Crippen LogP contribution in [0, 0.1) is 0 Å². The van der Waals surface area contributed by atoms with Crippen molar-refractivity contribution in [1.82, 2.24) is 15.0 Å². The Morgan fingerprint density at radius 1 is 0.426 bits per heavy atom. The van der Waals surface area contributed by atoms with Crippen LogP contribution in [0.4, 0.5) is 0 Å². The zero-order chi connectivity index (χ0) is 45.1. The minimum atomic E-state index is -0.696. The third-order valence-electron chi connectivity index (χ3n) is 7.62. The first kappa shape index (κ1) is 15.3. The Kier molecular flexibility index (Phi) is 3.64. The van der Waals surface area contributed by atoms with Gasteiger partial charge in [-0.2, -0.15) is 0 Å². The molecule has 0 N–H and O–H groups in total. The highest BCUT2D eigenvalue weighted by molar-refractivity contribution is 6.12. The predicted octanol–water partition coefficient (Wildman–Crippen LogP) is 11.3. The lowest BCUT2D eigenvalue weighted by molar-refractivity contribution is 0.669. The summed E-state index contributed by atoms with van der Waals surface area (Å²) in [5.41, 5.74) is -0.610. The molecule has 0 aliphatic heterocycles. The van der Waals surface area contributed by atoms with Crippen LogP contribution < -0.4 is 0 Å². The van der Waals surface area contributed by atoms with E-state index < -0.39 is 95.7 Å². The van der Waals surface area contributed by atoms with E-state index in [0.29, 0.717) is 27.5 Å². The number of aromatic nitrogens is 3. The molecule has 2 heterocycles. The van der Waals surface area contributed by atoms with Gasteiger partial charge in [-0.25, -0.2) is 15.0 Å². The van der Waals surface area contributed by atoms with E-state index in [0.717, 1.165) is 0 Å². The highest BCUT2D eigenvalue weighted by atomic mass is 16.3. The standard InChI is InChI=1S/C43H27N3O/c1-3-11-28(12-4-1)32-25-26-34-33(27-32)15-9-18-36(34)43-45-41(30-13-5-2-6-14-30)44-42(46-43)31-23-21-29(22-24-31)35-17-10-20-39-40(35)37-16-7-8-19-38(37)47-39/h1-27H/i1D,3D,4D,7D,8D,10D,11D,12D,16D,17D,19D,20D,21D,22D,23D,24D. The fraction of sp³-hybridized carbons (Fsp3) is 0. The zero-order valence-electron chi connectivity index (χ0n) is 40.1. The van der Waals surface area contributed by atoms with Gasteiger partial charge in [-0.1, -0.05) is 145 Å². The third kappa shape index (κ3) is 4.84. The number of fused-ring (bicyclic) bond motifs is 4. The van der Waals surface area contributed by atoms with E-state index in [9.17, 15) is 5.48 Å². The second kappa shape index (κ2) is 11.2. The molecule has 220 valence electrons. The van der Waals surface area contributed by atoms with Crippen molar-refractivity contribution in [1.29, 1.82) is 0 Å². The summed E-state index contributed by atoms with van der Waals surface area (Å²) < 4.78 is 144. The predicted molar refractivity (Wildman–Crippen MR) is 192 cm³/mol. The molecule has 0 bridgehead atoms. The van der Waals surface area contributed by atoms with E-state index in [-0.39, 0.29) is 62.6 Å². The molecule has 0 amide bonds. The monoisotopic (exact) mass is 617 g/mol. The Hall–Kier alpha value is -6.39. The molecule has 9 aromatic rings. The molecule has 0 unspecified atom stereocenters. The average Bonchev–Trinajstić information content (AvgIpc) is 3.69. The van der Waals surface area contributed by atoms with Gasteiger partial charge in [0.15, 0.2) is 17.5 Å². The lowest BCUT2D eigenvalue weighted by atomic mass is 9.98. The van der Waals surface area contributed by atoms with Crippen molar-refractivity contribution in [2.45, 2.75) is 0 Å². The summed E-state index contributed by atoms with van der Waals surface area (Å²) in [6.45, 7) is 0. The van der Waals surface area contributed by atoms with Gasteiger partial charge < -0.3 is 4.42 Å². The average molecular weight is 618 g/mol. The van der Waals surface area contributed by atoms with Crippen molar-refractivity contribution in [3.8, 4) is 56.4 Å². The SMILES string of the molecule is [2H]c1c([2H])c([2H])c(-c2ccc3c(-c4nc(-c5ccccc5)nc(-c5c([2H])c([2H])c(-c6c([2H])c([2H])c([2H])c7oc8c([2H])c([2H])c([2H])c([2H])c8c67)c([2H])c5[2H])n4)cccc3c2)c([2H])c1[2H]. The molecule has 0 spiro atoms. The summed E-state index contributed by atoms with van der Waals surface area (Å²) in [7, 11) is 0. The highest BCUT2D eigenvalue weighted by Gasteiger charge is 2.16. The van der Waals surface area contributed by atoms with Gasteiger partial charge in [0.25, 0.3) is 0 Å². The third-order valence-corrected chi connectivity index (χ3v) is 7.62. The topological polar surface area (TPSA) is 51.8 Å². The van der Waals surface area contributed by atoms with Crippen molar-refractivity contribution < 1.29 is 26.3 Å². The lowest BCUT2D eigenvalue weighted by Crippen LogP contribution is -2.00. The number of benzene rings is 7. The first-order chi connectivity index (χ1) is 29.9. The van der Waals surface area contributed by atoms with Crippen LogP contribution in [-0.2, 0) is 0 Å². The Bertz CT molecular complexity index is 3430. The molecule has 0 radical (unpaired) electrons. The normalized spacial score (nSPS) is 16.2. The van der Waals surface area contributed by atoms with Gasteiger partial charge in [-0.3, -0.25) is 0 Å². The molecule has 9 rings (SSSR count). The number of hydrogen-bond donors (Lipinski definition) is 0. The van der Waals surface area contributed by atoms with Crippen LogP contribution in [0.5, 0.6) is 0 Å². The van der Waals surface area contributed by atoms with E-state index in [4.69, 9.17) is 30.8 Å². The van der Waals surface area contributed by atoms with Gasteiger partial charge in [0.05, 0.1) is 21.9 Å². The zero-order valence-corrected chi connectivity index (χ0v) is 24.1. The maximum absolute atomic E-state index is 9.31. The number of rotatable bonds is 5. The van der Waals surface area contributed by atoms with Crippen LogP contribution in [0.2, 0.25) is 0 Å². The van der Waals surface area contributed by atoms with Gasteiger partial charge in [0.2, 0.25) is 0 Å². The smallest absolute Gasteiger partial charge is 0.164 e. The molecule has 2 aromatic heterocycles. The van der Waals surface area contributed by atoms with Gasteiger partial charge >= 0.3 is 0 Å². The van der Waals surface area contributed by atoms with Crippen LogP contribution >= 0.6 is 0 Å². The van der Waals surface area contributed by atoms with Crippen LogP contribution in [0.15, 0.2) is 168 Å². The molecular formula is C43H27N3O. The Morgan fingerprint density at radius 3 is 2.00 bits per heavy atom. The van der Waals surface area contributed by atoms with Crippen LogP contribution in [0.25, 0.3) is 89.1 Å². The second-order valence-electron chi connectivity index (χ2n) is 10.4. The molecule has 7 aromatic carbocycles. The lowest BCUT2D eigenvalue weighted by Gasteiger charge is -2.12. The number of furan rings is 1. The highest BCUT2D eigenvalue weighted by Crippen LogP contribution is 2.37. The summed E-state index contributed by atoms with van der Waals surface area (Å²) in [6, 6.07) is 9.64. The second-order valence-corrected chi connectivity index (χ2v) is 10.4. The summed E-state index contributed by atoms with van der Waals surface area (Å²) in [4.78, 5) is 14.1. The van der Waals surface area contributed by atoms with E-state index >= 15 is 0 Å². The van der Waals surface area contributed by atoms with Gasteiger partial charge in [0.1, 0.15) is 11.2 Å². The van der Waals surface area contributed by atoms with Crippen molar-refractivity contribution in [2.24, 2.45) is 0 Å². The Morgan fingerprint density at radius 2 is 1.15 bits per heavy atom. The first-order valence-corrected chi connectivity index (χ1v) is 14.4. The Labute approximate surface area is 294 Å². The van der Waals surface area contributed by atoms with E-state index in [1.807, 2.05) is 0 Å².